The summed E-state index contributed by atoms with van der Waals surface area (Å²) in [5, 5.41) is 2.78. The Morgan fingerprint density at radius 2 is 1.62 bits per heavy atom. The zero-order chi connectivity index (χ0) is 21.6. The van der Waals surface area contributed by atoms with Gasteiger partial charge in [0, 0.05) is 18.0 Å². The van der Waals surface area contributed by atoms with E-state index in [0.717, 1.165) is 10.5 Å². The Morgan fingerprint density at radius 1 is 1.03 bits per heavy atom. The van der Waals surface area contributed by atoms with Crippen molar-refractivity contribution in [1.29, 1.82) is 0 Å². The van der Waals surface area contributed by atoms with Crippen molar-refractivity contribution in [2.45, 2.75) is 46.1 Å². The Labute approximate surface area is 176 Å². The molecule has 156 valence electrons. The molecule has 2 aromatic rings. The lowest BCUT2D eigenvalue weighted by atomic mass is 10.0. The van der Waals surface area contributed by atoms with Crippen molar-refractivity contribution < 1.29 is 14.0 Å². The summed E-state index contributed by atoms with van der Waals surface area (Å²) in [4.78, 5) is 27.6. The first-order valence-electron chi connectivity index (χ1n) is 9.72. The number of halogens is 1. The molecule has 0 aliphatic carbocycles. The van der Waals surface area contributed by atoms with E-state index in [4.69, 9.17) is 0 Å². The fraction of sp³-hybridized carbons (Fsp3) is 0.391. The molecule has 0 aliphatic heterocycles. The van der Waals surface area contributed by atoms with Crippen LogP contribution in [0.3, 0.4) is 0 Å². The zero-order valence-electron chi connectivity index (χ0n) is 17.8. The average molecular weight is 417 g/mol. The molecular weight excluding hydrogens is 387 g/mol. The minimum atomic E-state index is -0.311. The summed E-state index contributed by atoms with van der Waals surface area (Å²) in [6, 6.07) is 8.14. The lowest BCUT2D eigenvalue weighted by Gasteiger charge is -2.21. The summed E-state index contributed by atoms with van der Waals surface area (Å²) >= 11 is 1.53. The highest BCUT2D eigenvalue weighted by Crippen LogP contribution is 2.31. The maximum atomic E-state index is 12.9. The number of likely N-dealkylation sites (N-methyl/N-ethyl adjacent to an activating group) is 1. The molecule has 2 aromatic carbocycles. The zero-order valence-corrected chi connectivity index (χ0v) is 18.6. The first-order valence-corrected chi connectivity index (χ1v) is 10.7. The van der Waals surface area contributed by atoms with Crippen LogP contribution >= 0.6 is 11.8 Å². The van der Waals surface area contributed by atoms with E-state index in [0.29, 0.717) is 18.8 Å². The third-order valence-electron chi connectivity index (χ3n) is 5.11. The molecule has 6 heteroatoms. The molecule has 4 nitrogen and oxygen atoms in total. The topological polar surface area (TPSA) is 49.4 Å². The van der Waals surface area contributed by atoms with Gasteiger partial charge in [-0.25, -0.2) is 4.39 Å². The highest BCUT2D eigenvalue weighted by atomic mass is 32.2. The van der Waals surface area contributed by atoms with Crippen molar-refractivity contribution in [3.05, 3.63) is 64.0 Å². The van der Waals surface area contributed by atoms with Gasteiger partial charge in [-0.2, -0.15) is 0 Å². The van der Waals surface area contributed by atoms with E-state index in [-0.39, 0.29) is 24.2 Å². The van der Waals surface area contributed by atoms with E-state index in [9.17, 15) is 14.0 Å². The normalized spacial score (nSPS) is 10.7. The molecule has 0 saturated carbocycles. The third-order valence-corrected chi connectivity index (χ3v) is 6.40. The molecule has 0 spiro atoms. The Balaban J connectivity index is 1.91. The van der Waals surface area contributed by atoms with Gasteiger partial charge < -0.3 is 10.2 Å². The molecule has 0 aromatic heterocycles. The number of aryl methyl sites for hydroxylation is 2. The lowest BCUT2D eigenvalue weighted by molar-refractivity contribution is -0.133. The van der Waals surface area contributed by atoms with Crippen molar-refractivity contribution in [2.75, 3.05) is 18.8 Å². The van der Waals surface area contributed by atoms with Crippen LogP contribution in [-0.2, 0) is 16.1 Å². The fourth-order valence-electron chi connectivity index (χ4n) is 3.03. The molecule has 0 radical (unpaired) electrons. The Morgan fingerprint density at radius 3 is 2.17 bits per heavy atom. The minimum absolute atomic E-state index is 0.0158. The first-order chi connectivity index (χ1) is 13.7. The molecular formula is C23H29FN2O2S. The molecule has 0 fully saturated rings. The predicted octanol–water partition coefficient (Wildman–Crippen LogP) is 4.32. The number of rotatable bonds is 8. The molecule has 0 bridgehead atoms. The number of amides is 2. The van der Waals surface area contributed by atoms with E-state index in [1.807, 2.05) is 6.92 Å². The van der Waals surface area contributed by atoms with Crippen molar-refractivity contribution in [3.63, 3.8) is 0 Å². The van der Waals surface area contributed by atoms with Crippen molar-refractivity contribution in [1.82, 2.24) is 10.2 Å². The van der Waals surface area contributed by atoms with Crippen LogP contribution in [-0.4, -0.2) is 35.6 Å². The SMILES string of the molecule is CCN(CC(=O)NCc1ccc(F)cc1)C(=O)CSc1c(C)c(C)cc(C)c1C. The summed E-state index contributed by atoms with van der Waals surface area (Å²) in [5.74, 6) is -0.306. The summed E-state index contributed by atoms with van der Waals surface area (Å²) < 4.78 is 12.9. The van der Waals surface area contributed by atoms with Crippen LogP contribution in [0, 0.1) is 33.5 Å². The number of carbonyl (C=O) groups is 2. The van der Waals surface area contributed by atoms with Gasteiger partial charge in [0.1, 0.15) is 5.82 Å². The highest BCUT2D eigenvalue weighted by molar-refractivity contribution is 8.00. The number of nitrogens with zero attached hydrogens (tertiary/aromatic N) is 1. The molecule has 29 heavy (non-hydrogen) atoms. The fourth-order valence-corrected chi connectivity index (χ4v) is 4.24. The second-order valence-corrected chi connectivity index (χ2v) is 8.17. The standard InChI is InChI=1S/C23H29FN2O2S/c1-6-26(13-21(27)25-12-19-7-9-20(24)10-8-19)22(28)14-29-23-17(4)15(2)11-16(3)18(23)5/h7-11H,6,12-14H2,1-5H3,(H,25,27). The third kappa shape index (κ3) is 6.32. The quantitative estimate of drug-likeness (QED) is 0.652. The highest BCUT2D eigenvalue weighted by Gasteiger charge is 2.17. The van der Waals surface area contributed by atoms with Crippen LogP contribution in [0.1, 0.15) is 34.7 Å². The van der Waals surface area contributed by atoms with Gasteiger partial charge in [0.05, 0.1) is 12.3 Å². The van der Waals surface area contributed by atoms with Crippen LogP contribution in [0.4, 0.5) is 4.39 Å². The average Bonchev–Trinajstić information content (AvgIpc) is 2.70. The van der Waals surface area contributed by atoms with Gasteiger partial charge in [0.2, 0.25) is 11.8 Å². The number of hydrogen-bond donors (Lipinski definition) is 1. The summed E-state index contributed by atoms with van der Waals surface area (Å²) in [5.41, 5.74) is 5.65. The number of benzene rings is 2. The maximum Gasteiger partial charge on any atom is 0.239 e. The van der Waals surface area contributed by atoms with Gasteiger partial charge in [-0.3, -0.25) is 9.59 Å². The van der Waals surface area contributed by atoms with E-state index in [1.54, 1.807) is 17.0 Å². The van der Waals surface area contributed by atoms with Crippen LogP contribution in [0.25, 0.3) is 0 Å². The molecule has 0 atom stereocenters. The van der Waals surface area contributed by atoms with Crippen LogP contribution in [0.5, 0.6) is 0 Å². The Bertz CT molecular complexity index is 855. The van der Waals surface area contributed by atoms with Gasteiger partial charge >= 0.3 is 0 Å². The van der Waals surface area contributed by atoms with Crippen molar-refractivity contribution in [2.24, 2.45) is 0 Å². The maximum absolute atomic E-state index is 12.9. The number of nitrogens with one attached hydrogen (secondary N) is 1. The van der Waals surface area contributed by atoms with Crippen LogP contribution < -0.4 is 5.32 Å². The van der Waals surface area contributed by atoms with Gasteiger partial charge in [0.25, 0.3) is 0 Å². The van der Waals surface area contributed by atoms with E-state index >= 15 is 0 Å². The van der Waals surface area contributed by atoms with Gasteiger partial charge in [-0.05, 0) is 74.6 Å². The largest absolute Gasteiger partial charge is 0.350 e. The van der Waals surface area contributed by atoms with E-state index in [2.05, 4.69) is 39.1 Å². The van der Waals surface area contributed by atoms with Crippen LogP contribution in [0.15, 0.2) is 35.2 Å². The summed E-state index contributed by atoms with van der Waals surface area (Å²) in [6.45, 7) is 11.0. The first kappa shape index (κ1) is 22.9. The molecule has 0 aliphatic rings. The lowest BCUT2D eigenvalue weighted by Crippen LogP contribution is -2.41. The monoisotopic (exact) mass is 416 g/mol. The number of thioether (sulfide) groups is 1. The smallest absolute Gasteiger partial charge is 0.239 e. The van der Waals surface area contributed by atoms with Gasteiger partial charge in [-0.1, -0.05) is 18.2 Å². The Hall–Kier alpha value is -2.34. The van der Waals surface area contributed by atoms with Gasteiger partial charge in [-0.15, -0.1) is 11.8 Å². The summed E-state index contributed by atoms with van der Waals surface area (Å²) in [6.07, 6.45) is 0. The number of carbonyl (C=O) groups excluding carboxylic acids is 2. The molecule has 2 rings (SSSR count). The van der Waals surface area contributed by atoms with Crippen molar-refractivity contribution >= 4 is 23.6 Å². The molecule has 0 saturated heterocycles. The molecule has 2 amide bonds. The molecule has 0 unspecified atom stereocenters. The van der Waals surface area contributed by atoms with Crippen LogP contribution in [0.2, 0.25) is 0 Å². The van der Waals surface area contributed by atoms with Gasteiger partial charge in [0.15, 0.2) is 0 Å². The molecule has 1 N–H and O–H groups in total. The predicted molar refractivity (Wildman–Crippen MR) is 117 cm³/mol. The second kappa shape index (κ2) is 10.4. The number of hydrogen-bond acceptors (Lipinski definition) is 3. The second-order valence-electron chi connectivity index (χ2n) is 7.19. The van der Waals surface area contributed by atoms with Crippen molar-refractivity contribution in [3.8, 4) is 0 Å². The van der Waals surface area contributed by atoms with E-state index in [1.165, 1.54) is 46.1 Å². The molecule has 0 heterocycles. The summed E-state index contributed by atoms with van der Waals surface area (Å²) in [7, 11) is 0. The minimum Gasteiger partial charge on any atom is -0.350 e. The van der Waals surface area contributed by atoms with E-state index < -0.39 is 0 Å². The Kier molecular flexibility index (Phi) is 8.26.